The van der Waals surface area contributed by atoms with Gasteiger partial charge in [0.25, 0.3) is 0 Å². The molecule has 1 aromatic carbocycles. The van der Waals surface area contributed by atoms with Crippen LogP contribution in [0.4, 0.5) is 5.69 Å². The average molecular weight is 405 g/mol. The first-order valence-corrected chi connectivity index (χ1v) is 9.80. The van der Waals surface area contributed by atoms with Crippen molar-refractivity contribution in [3.63, 3.8) is 0 Å². The number of hydrogen-bond donors (Lipinski definition) is 1. The van der Waals surface area contributed by atoms with Crippen LogP contribution in [0.3, 0.4) is 0 Å². The summed E-state index contributed by atoms with van der Waals surface area (Å²) >= 11 is 3.69. The van der Waals surface area contributed by atoms with Gasteiger partial charge in [0.05, 0.1) is 11.1 Å². The number of ether oxygens (including phenoxy) is 1. The molecule has 2 aliphatic rings. The maximum absolute atomic E-state index is 6.57. The van der Waals surface area contributed by atoms with Crippen molar-refractivity contribution in [2.24, 2.45) is 0 Å². The molecule has 2 aliphatic heterocycles. The zero-order chi connectivity index (χ0) is 18.4. The molecule has 1 aromatic rings. The molecule has 4 heteroatoms. The van der Waals surface area contributed by atoms with Crippen LogP contribution in [0.5, 0.6) is 5.75 Å². The average Bonchev–Trinajstić information content (AvgIpc) is 3.03. The van der Waals surface area contributed by atoms with E-state index in [0.29, 0.717) is 0 Å². The largest absolute Gasteiger partial charge is 0.473 e. The molecular weight excluding hydrogens is 376 g/mol. The Morgan fingerprint density at radius 3 is 2.64 bits per heavy atom. The number of rotatable bonds is 4. The Morgan fingerprint density at radius 1 is 1.32 bits per heavy atom. The van der Waals surface area contributed by atoms with Gasteiger partial charge in [-0.25, -0.2) is 0 Å². The molecule has 0 saturated carbocycles. The number of anilines is 1. The Labute approximate surface area is 160 Å². The summed E-state index contributed by atoms with van der Waals surface area (Å²) in [5.41, 5.74) is 12.5. The Kier molecular flexibility index (Phi) is 5.04. The molecule has 0 aromatic heterocycles. The molecule has 0 bridgehead atoms. The van der Waals surface area contributed by atoms with Gasteiger partial charge in [0.2, 0.25) is 0 Å². The number of benzene rings is 1. The van der Waals surface area contributed by atoms with Crippen molar-refractivity contribution < 1.29 is 4.74 Å². The highest BCUT2D eigenvalue weighted by Crippen LogP contribution is 2.57. The lowest BCUT2D eigenvalue weighted by atomic mass is 9.75. The number of allylic oxidation sites excluding steroid dienone is 4. The van der Waals surface area contributed by atoms with Crippen LogP contribution in [-0.4, -0.2) is 24.7 Å². The molecule has 1 fully saturated rings. The van der Waals surface area contributed by atoms with Crippen LogP contribution in [-0.2, 0) is 11.8 Å². The third kappa shape index (κ3) is 3.15. The first-order chi connectivity index (χ1) is 11.8. The molecular formula is C21H29BrN2O. The first-order valence-electron chi connectivity index (χ1n) is 9.01. The van der Waals surface area contributed by atoms with E-state index in [2.05, 4.69) is 73.8 Å². The number of fused-ring (bicyclic) bond motifs is 3. The highest BCUT2D eigenvalue weighted by molar-refractivity contribution is 9.10. The highest BCUT2D eigenvalue weighted by atomic mass is 79.9. The third-order valence-corrected chi connectivity index (χ3v) is 6.12. The Hall–Kier alpha value is -1.26. The van der Waals surface area contributed by atoms with Gasteiger partial charge in [-0.3, -0.25) is 4.90 Å². The molecule has 2 atom stereocenters. The van der Waals surface area contributed by atoms with Crippen LogP contribution < -0.4 is 10.5 Å². The smallest absolute Gasteiger partial charge is 0.162 e. The first kappa shape index (κ1) is 18.5. The maximum atomic E-state index is 6.57. The van der Waals surface area contributed by atoms with Crippen LogP contribution >= 0.6 is 15.9 Å². The van der Waals surface area contributed by atoms with E-state index in [1.54, 1.807) is 0 Å². The molecule has 3 nitrogen and oxygen atoms in total. The van der Waals surface area contributed by atoms with Gasteiger partial charge in [-0.05, 0) is 81.6 Å². The second-order valence-corrected chi connectivity index (χ2v) is 8.82. The Balaban J connectivity index is 2.16. The van der Waals surface area contributed by atoms with Crippen LogP contribution in [0, 0.1) is 0 Å². The number of likely N-dealkylation sites (N-methyl/N-ethyl adjacent to an activating group) is 1. The topological polar surface area (TPSA) is 38.5 Å². The van der Waals surface area contributed by atoms with Crippen molar-refractivity contribution >= 4 is 21.6 Å². The second-order valence-electron chi connectivity index (χ2n) is 7.96. The number of nitrogen functional groups attached to an aromatic ring is 1. The van der Waals surface area contributed by atoms with E-state index in [4.69, 9.17) is 10.5 Å². The Morgan fingerprint density at radius 2 is 2.00 bits per heavy atom. The molecule has 25 heavy (non-hydrogen) atoms. The van der Waals surface area contributed by atoms with Gasteiger partial charge in [0, 0.05) is 16.6 Å². The standard InChI is InChI=1S/C21H29BrN2O/c1-13(2)6-7-15-12-16(22)18(23)17-19(15)25-20-21(17,9-8-14(3)4)10-11-24(20)5/h6,8,12,20H,7,9-11,23H2,1-5H3/t20-,21-/m1/s1. The summed E-state index contributed by atoms with van der Waals surface area (Å²) < 4.78 is 7.53. The second kappa shape index (κ2) is 6.81. The van der Waals surface area contributed by atoms with E-state index in [0.717, 1.165) is 41.7 Å². The quantitative estimate of drug-likeness (QED) is 0.554. The predicted molar refractivity (Wildman–Crippen MR) is 109 cm³/mol. The van der Waals surface area contributed by atoms with Crippen LogP contribution in [0.15, 0.2) is 33.8 Å². The minimum Gasteiger partial charge on any atom is -0.473 e. The minimum absolute atomic E-state index is 0.0467. The zero-order valence-electron chi connectivity index (χ0n) is 15.9. The van der Waals surface area contributed by atoms with Crippen molar-refractivity contribution in [3.8, 4) is 5.75 Å². The van der Waals surface area contributed by atoms with Gasteiger partial charge in [-0.2, -0.15) is 0 Å². The number of halogens is 1. The number of nitrogens with two attached hydrogens (primary N) is 1. The van der Waals surface area contributed by atoms with E-state index in [1.807, 2.05) is 0 Å². The fourth-order valence-electron chi connectivity index (χ4n) is 4.09. The van der Waals surface area contributed by atoms with E-state index in [1.165, 1.54) is 22.3 Å². The van der Waals surface area contributed by atoms with E-state index in [-0.39, 0.29) is 11.6 Å². The van der Waals surface area contributed by atoms with E-state index in [9.17, 15) is 0 Å². The maximum Gasteiger partial charge on any atom is 0.162 e. The minimum atomic E-state index is -0.0467. The van der Waals surface area contributed by atoms with Crippen molar-refractivity contribution in [3.05, 3.63) is 45.0 Å². The third-order valence-electron chi connectivity index (χ3n) is 5.46. The number of nitrogens with zero attached hydrogens (tertiary/aromatic N) is 1. The number of hydrogen-bond acceptors (Lipinski definition) is 3. The van der Waals surface area contributed by atoms with Crippen molar-refractivity contribution in [1.82, 2.24) is 4.90 Å². The molecule has 3 rings (SSSR count). The van der Waals surface area contributed by atoms with Crippen LogP contribution in [0.25, 0.3) is 0 Å². The lowest BCUT2D eigenvalue weighted by Crippen LogP contribution is -2.40. The van der Waals surface area contributed by atoms with Gasteiger partial charge < -0.3 is 10.5 Å². The van der Waals surface area contributed by atoms with Gasteiger partial charge in [-0.15, -0.1) is 0 Å². The molecule has 0 amide bonds. The summed E-state index contributed by atoms with van der Waals surface area (Å²) in [4.78, 5) is 2.33. The molecule has 136 valence electrons. The molecule has 1 saturated heterocycles. The SMILES string of the molecule is CC(C)=CCc1cc(Br)c(N)c2c1O[C@H]1N(C)CC[C@]21CC=C(C)C. The lowest BCUT2D eigenvalue weighted by Gasteiger charge is -2.29. The molecule has 2 N–H and O–H groups in total. The molecule has 0 unspecified atom stereocenters. The summed E-state index contributed by atoms with van der Waals surface area (Å²) in [5, 5.41) is 0. The van der Waals surface area contributed by atoms with Gasteiger partial charge >= 0.3 is 0 Å². The normalized spacial score (nSPS) is 24.5. The summed E-state index contributed by atoms with van der Waals surface area (Å²) in [7, 11) is 2.15. The fourth-order valence-corrected chi connectivity index (χ4v) is 4.56. The highest BCUT2D eigenvalue weighted by Gasteiger charge is 2.55. The Bertz CT molecular complexity index is 745. The molecule has 0 radical (unpaired) electrons. The van der Waals surface area contributed by atoms with Crippen LogP contribution in [0.2, 0.25) is 0 Å². The van der Waals surface area contributed by atoms with E-state index >= 15 is 0 Å². The van der Waals surface area contributed by atoms with Gasteiger partial charge in [0.15, 0.2) is 6.23 Å². The molecule has 2 heterocycles. The summed E-state index contributed by atoms with van der Waals surface area (Å²) in [6, 6.07) is 2.13. The van der Waals surface area contributed by atoms with E-state index < -0.39 is 0 Å². The van der Waals surface area contributed by atoms with Crippen LogP contribution in [0.1, 0.15) is 51.7 Å². The monoisotopic (exact) mass is 404 g/mol. The van der Waals surface area contributed by atoms with Crippen molar-refractivity contribution in [2.45, 2.75) is 58.6 Å². The molecule has 0 aliphatic carbocycles. The zero-order valence-corrected chi connectivity index (χ0v) is 17.5. The summed E-state index contributed by atoms with van der Waals surface area (Å²) in [6.07, 6.45) is 7.58. The van der Waals surface area contributed by atoms with Gasteiger partial charge in [0.1, 0.15) is 5.75 Å². The summed E-state index contributed by atoms with van der Waals surface area (Å²) in [5.74, 6) is 1.01. The van der Waals surface area contributed by atoms with Crippen molar-refractivity contribution in [2.75, 3.05) is 19.3 Å². The lowest BCUT2D eigenvalue weighted by molar-refractivity contribution is 0.0580. The van der Waals surface area contributed by atoms with Gasteiger partial charge in [-0.1, -0.05) is 23.3 Å². The summed E-state index contributed by atoms with van der Waals surface area (Å²) in [6.45, 7) is 9.62. The molecule has 0 spiro atoms. The van der Waals surface area contributed by atoms with Crippen molar-refractivity contribution in [1.29, 1.82) is 0 Å². The number of likely N-dealkylation sites (tertiary alicyclic amines) is 1. The fraction of sp³-hybridized carbons (Fsp3) is 0.524. The predicted octanol–water partition coefficient (Wildman–Crippen LogP) is 5.19.